The van der Waals surface area contributed by atoms with Crippen LogP contribution in [-0.2, 0) is 0 Å². The van der Waals surface area contributed by atoms with Crippen LogP contribution in [0.4, 0.5) is 5.69 Å². The predicted molar refractivity (Wildman–Crippen MR) is 189 cm³/mol. The average Bonchev–Trinajstić information content (AvgIpc) is 3.75. The van der Waals surface area contributed by atoms with Crippen molar-refractivity contribution in [2.45, 2.75) is 0 Å². The fraction of sp³-hybridized carbons (Fsp3) is 0.0244. The van der Waals surface area contributed by atoms with E-state index in [2.05, 4.69) is 171 Å². The van der Waals surface area contributed by atoms with Gasteiger partial charge in [0.2, 0.25) is 0 Å². The van der Waals surface area contributed by atoms with Gasteiger partial charge in [-0.25, -0.2) is 0 Å². The lowest BCUT2D eigenvalue weighted by molar-refractivity contribution is 1.10. The number of anilines is 1. The summed E-state index contributed by atoms with van der Waals surface area (Å²) in [5, 5.41) is 10.1. The van der Waals surface area contributed by atoms with Crippen molar-refractivity contribution in [1.29, 1.82) is 0 Å². The Morgan fingerprint density at radius 3 is 1.62 bits per heavy atom. The highest BCUT2D eigenvalue weighted by Gasteiger charge is 2.26. The maximum Gasteiger partial charge on any atom is 0.0704 e. The highest BCUT2D eigenvalue weighted by atomic mass is 15.1. The van der Waals surface area contributed by atoms with Gasteiger partial charge in [-0.3, -0.25) is 0 Å². The Morgan fingerprint density at radius 1 is 0.422 bits per heavy atom. The normalized spacial score (nSPS) is 12.9. The first kappa shape index (κ1) is 24.4. The molecule has 10 rings (SSSR count). The van der Waals surface area contributed by atoms with Crippen LogP contribution in [0.1, 0.15) is 5.69 Å². The minimum atomic E-state index is 0.803. The summed E-state index contributed by atoms with van der Waals surface area (Å²) in [6, 6.07) is 50.4. The second-order valence-corrected chi connectivity index (χ2v) is 11.8. The fourth-order valence-electron chi connectivity index (χ4n) is 7.65. The number of hydrogen-bond donors (Lipinski definition) is 1. The number of para-hydroxylation sites is 4. The fourth-order valence-corrected chi connectivity index (χ4v) is 7.65. The van der Waals surface area contributed by atoms with Gasteiger partial charge in [-0.1, -0.05) is 91.0 Å². The molecular formula is C41H28N4. The van der Waals surface area contributed by atoms with Crippen LogP contribution < -0.4 is 5.32 Å². The molecule has 0 unspecified atom stereocenters. The van der Waals surface area contributed by atoms with Gasteiger partial charge in [0.1, 0.15) is 0 Å². The van der Waals surface area contributed by atoms with Gasteiger partial charge >= 0.3 is 0 Å². The molecule has 9 aromatic rings. The van der Waals surface area contributed by atoms with Gasteiger partial charge in [0.25, 0.3) is 0 Å². The van der Waals surface area contributed by atoms with Gasteiger partial charge in [0.05, 0.1) is 39.0 Å². The zero-order valence-corrected chi connectivity index (χ0v) is 24.5. The molecule has 4 heteroatoms. The molecule has 6 aromatic carbocycles. The van der Waals surface area contributed by atoms with E-state index >= 15 is 0 Å². The Bertz CT molecular complexity index is 2620. The van der Waals surface area contributed by atoms with Crippen LogP contribution in [0.25, 0.3) is 77.7 Å². The smallest absolute Gasteiger partial charge is 0.0704 e. The number of hydrogen-bond acceptors (Lipinski definition) is 1. The summed E-state index contributed by atoms with van der Waals surface area (Å²) in [4.78, 5) is 0. The largest absolute Gasteiger partial charge is 0.379 e. The molecule has 0 atom stereocenters. The first-order valence-corrected chi connectivity index (χ1v) is 15.5. The lowest BCUT2D eigenvalue weighted by Gasteiger charge is -2.13. The van der Waals surface area contributed by atoms with Crippen molar-refractivity contribution >= 4 is 66.3 Å². The van der Waals surface area contributed by atoms with Gasteiger partial charge < -0.3 is 19.0 Å². The molecule has 1 N–H and O–H groups in total. The summed E-state index contributed by atoms with van der Waals surface area (Å²) in [7, 11) is 0. The van der Waals surface area contributed by atoms with E-state index in [4.69, 9.17) is 0 Å². The second-order valence-electron chi connectivity index (χ2n) is 11.8. The summed E-state index contributed by atoms with van der Waals surface area (Å²) in [5.74, 6) is 0. The molecule has 0 radical (unpaired) electrons. The minimum absolute atomic E-state index is 0.803. The first-order valence-electron chi connectivity index (χ1n) is 15.5. The molecule has 0 spiro atoms. The highest BCUT2D eigenvalue weighted by molar-refractivity contribution is 6.30. The number of nitrogens with one attached hydrogen (secondary N) is 1. The van der Waals surface area contributed by atoms with Crippen LogP contribution in [0.5, 0.6) is 0 Å². The maximum atomic E-state index is 3.78. The molecule has 0 saturated carbocycles. The third kappa shape index (κ3) is 3.31. The summed E-state index contributed by atoms with van der Waals surface area (Å²) < 4.78 is 7.33. The number of nitrogens with zero attached hydrogens (tertiary/aromatic N) is 3. The molecule has 0 bridgehead atoms. The van der Waals surface area contributed by atoms with Gasteiger partial charge in [0.15, 0.2) is 0 Å². The van der Waals surface area contributed by atoms with Crippen LogP contribution in [0.3, 0.4) is 0 Å². The summed E-state index contributed by atoms with van der Waals surface area (Å²) in [6.45, 7) is 0.803. The van der Waals surface area contributed by atoms with E-state index < -0.39 is 0 Å². The standard InChI is InChI=1S/C41H28N4/c1-4-13-27(14-5-1)43-33-20-11-10-19-32(33)37-34(43)24-22-30-31-23-25-35-38(41(31)45(40(30)37)29-17-8-3-9-18-29)39-36(21-12-26-42-39)44(35)28-15-6-2-7-16-28/h1-25,42H,26H2. The monoisotopic (exact) mass is 576 g/mol. The molecule has 45 heavy (non-hydrogen) atoms. The molecule has 0 amide bonds. The zero-order chi connectivity index (χ0) is 29.5. The Hall–Kier alpha value is -6.00. The van der Waals surface area contributed by atoms with E-state index in [0.717, 1.165) is 23.6 Å². The van der Waals surface area contributed by atoms with Crippen molar-refractivity contribution < 1.29 is 0 Å². The third-order valence-electron chi connectivity index (χ3n) is 9.41. The van der Waals surface area contributed by atoms with Crippen molar-refractivity contribution in [3.05, 3.63) is 151 Å². The van der Waals surface area contributed by atoms with Gasteiger partial charge in [-0.15, -0.1) is 0 Å². The van der Waals surface area contributed by atoms with Crippen molar-refractivity contribution in [2.24, 2.45) is 0 Å². The van der Waals surface area contributed by atoms with Crippen LogP contribution in [0, 0.1) is 0 Å². The second kappa shape index (κ2) is 9.25. The van der Waals surface area contributed by atoms with Gasteiger partial charge in [0, 0.05) is 50.5 Å². The van der Waals surface area contributed by atoms with E-state index in [1.54, 1.807) is 0 Å². The molecule has 4 heterocycles. The van der Waals surface area contributed by atoms with Crippen LogP contribution in [0.2, 0.25) is 0 Å². The van der Waals surface area contributed by atoms with Crippen LogP contribution in [-0.4, -0.2) is 20.2 Å². The average molecular weight is 577 g/mol. The Morgan fingerprint density at radius 2 is 0.956 bits per heavy atom. The quantitative estimate of drug-likeness (QED) is 0.223. The summed E-state index contributed by atoms with van der Waals surface area (Å²) in [6.07, 6.45) is 4.48. The minimum Gasteiger partial charge on any atom is -0.379 e. The van der Waals surface area contributed by atoms with E-state index in [-0.39, 0.29) is 0 Å². The highest BCUT2D eigenvalue weighted by Crippen LogP contribution is 2.47. The van der Waals surface area contributed by atoms with Crippen LogP contribution in [0.15, 0.2) is 146 Å². The topological polar surface area (TPSA) is 26.8 Å². The third-order valence-corrected chi connectivity index (χ3v) is 9.41. The lowest BCUT2D eigenvalue weighted by atomic mass is 10.1. The summed E-state index contributed by atoms with van der Waals surface area (Å²) >= 11 is 0. The van der Waals surface area contributed by atoms with E-state index in [1.165, 1.54) is 65.9 Å². The zero-order valence-electron chi connectivity index (χ0n) is 24.5. The molecule has 0 saturated heterocycles. The molecule has 0 aliphatic carbocycles. The van der Waals surface area contributed by atoms with E-state index in [1.807, 2.05) is 0 Å². The molecule has 3 aromatic heterocycles. The number of benzene rings is 6. The summed E-state index contributed by atoms with van der Waals surface area (Å²) in [5.41, 5.74) is 11.9. The Labute approximate surface area is 259 Å². The Balaban J connectivity index is 1.46. The van der Waals surface area contributed by atoms with Crippen molar-refractivity contribution in [2.75, 3.05) is 11.9 Å². The SMILES string of the molecule is C1=Cc2c(c3c(ccc4c5ccc6c(c7ccccc7n6-c6ccccc6)c5n(-c5ccccc5)c43)n2-c2ccccc2)NC1. The predicted octanol–water partition coefficient (Wildman–Crippen LogP) is 10.3. The number of rotatable bonds is 3. The van der Waals surface area contributed by atoms with Crippen molar-refractivity contribution in [1.82, 2.24) is 13.7 Å². The van der Waals surface area contributed by atoms with E-state index in [0.29, 0.717) is 0 Å². The molecule has 212 valence electrons. The molecule has 4 nitrogen and oxygen atoms in total. The number of aromatic nitrogens is 3. The first-order chi connectivity index (χ1) is 22.4. The van der Waals surface area contributed by atoms with Gasteiger partial charge in [-0.05, 0) is 60.7 Å². The van der Waals surface area contributed by atoms with Gasteiger partial charge in [-0.2, -0.15) is 0 Å². The Kier molecular flexibility index (Phi) is 5.02. The van der Waals surface area contributed by atoms with E-state index in [9.17, 15) is 0 Å². The molecular weight excluding hydrogens is 548 g/mol. The number of fused-ring (bicyclic) bond motifs is 11. The maximum absolute atomic E-state index is 3.78. The van der Waals surface area contributed by atoms with Crippen molar-refractivity contribution in [3.8, 4) is 17.1 Å². The molecule has 0 fully saturated rings. The lowest BCUT2D eigenvalue weighted by Crippen LogP contribution is -2.05. The molecule has 1 aliphatic heterocycles. The molecule has 1 aliphatic rings. The van der Waals surface area contributed by atoms with Crippen LogP contribution >= 0.6 is 0 Å². The van der Waals surface area contributed by atoms with Crippen molar-refractivity contribution in [3.63, 3.8) is 0 Å².